The van der Waals surface area contributed by atoms with E-state index in [1.54, 1.807) is 4.90 Å². The van der Waals surface area contributed by atoms with Crippen LogP contribution < -0.4 is 10.6 Å². The van der Waals surface area contributed by atoms with Gasteiger partial charge in [-0.3, -0.25) is 4.79 Å². The van der Waals surface area contributed by atoms with E-state index < -0.39 is 0 Å². The van der Waals surface area contributed by atoms with Gasteiger partial charge in [0.05, 0.1) is 0 Å². The van der Waals surface area contributed by atoms with Crippen LogP contribution in [-0.2, 0) is 4.79 Å². The molecule has 0 aliphatic rings. The van der Waals surface area contributed by atoms with Crippen LogP contribution in [0.2, 0.25) is 5.02 Å². The van der Waals surface area contributed by atoms with E-state index in [1.165, 1.54) is 0 Å². The third-order valence-corrected chi connectivity index (χ3v) is 3.98. The second-order valence-electron chi connectivity index (χ2n) is 5.16. The molecule has 1 atom stereocenters. The summed E-state index contributed by atoms with van der Waals surface area (Å²) >= 11 is 5.91. The van der Waals surface area contributed by atoms with Gasteiger partial charge in [0, 0.05) is 29.6 Å². The van der Waals surface area contributed by atoms with Crippen molar-refractivity contribution in [2.45, 2.75) is 19.3 Å². The summed E-state index contributed by atoms with van der Waals surface area (Å²) in [4.78, 5) is 14.4. The molecule has 0 bridgehead atoms. The third-order valence-electron chi connectivity index (χ3n) is 3.73. The predicted molar refractivity (Wildman–Crippen MR) is 92.3 cm³/mol. The molecule has 2 aromatic rings. The molecular formula is C18H21ClN2O. The standard InChI is InChI=1S/C18H21ClN2O/c1-2-21(17-6-4-3-5-7-17)18(22)12-15(13-20)14-8-10-16(19)11-9-14/h3-11,15H,2,12-13,20H2,1H3. The molecule has 0 aliphatic heterocycles. The molecule has 4 heteroatoms. The maximum atomic E-state index is 12.6. The molecule has 0 saturated carbocycles. The van der Waals surface area contributed by atoms with Gasteiger partial charge in [-0.15, -0.1) is 0 Å². The van der Waals surface area contributed by atoms with Gasteiger partial charge in [0.15, 0.2) is 0 Å². The van der Waals surface area contributed by atoms with Gasteiger partial charge in [-0.2, -0.15) is 0 Å². The Morgan fingerprint density at radius 1 is 1.14 bits per heavy atom. The van der Waals surface area contributed by atoms with E-state index in [2.05, 4.69) is 0 Å². The number of anilines is 1. The highest BCUT2D eigenvalue weighted by Gasteiger charge is 2.19. The second-order valence-corrected chi connectivity index (χ2v) is 5.60. The SMILES string of the molecule is CCN(C(=O)CC(CN)c1ccc(Cl)cc1)c1ccccc1. The van der Waals surface area contributed by atoms with Gasteiger partial charge in [-0.1, -0.05) is 41.9 Å². The number of nitrogens with zero attached hydrogens (tertiary/aromatic N) is 1. The Morgan fingerprint density at radius 3 is 2.32 bits per heavy atom. The average molecular weight is 317 g/mol. The summed E-state index contributed by atoms with van der Waals surface area (Å²) in [5, 5.41) is 0.685. The Kier molecular flexibility index (Phi) is 5.99. The minimum Gasteiger partial charge on any atom is -0.330 e. The van der Waals surface area contributed by atoms with Gasteiger partial charge in [-0.05, 0) is 43.3 Å². The molecular weight excluding hydrogens is 296 g/mol. The van der Waals surface area contributed by atoms with Crippen molar-refractivity contribution in [3.8, 4) is 0 Å². The number of halogens is 1. The summed E-state index contributed by atoms with van der Waals surface area (Å²) in [6, 6.07) is 17.2. The molecule has 116 valence electrons. The van der Waals surface area contributed by atoms with E-state index in [-0.39, 0.29) is 11.8 Å². The van der Waals surface area contributed by atoms with Crippen LogP contribution in [0.15, 0.2) is 54.6 Å². The van der Waals surface area contributed by atoms with Crippen LogP contribution in [0.4, 0.5) is 5.69 Å². The lowest BCUT2D eigenvalue weighted by atomic mass is 9.95. The van der Waals surface area contributed by atoms with Crippen LogP contribution in [0.3, 0.4) is 0 Å². The highest BCUT2D eigenvalue weighted by atomic mass is 35.5. The molecule has 3 nitrogen and oxygen atoms in total. The van der Waals surface area contributed by atoms with Crippen LogP contribution in [0, 0.1) is 0 Å². The first-order chi connectivity index (χ1) is 10.7. The maximum Gasteiger partial charge on any atom is 0.227 e. The molecule has 0 radical (unpaired) electrons. The molecule has 1 amide bonds. The van der Waals surface area contributed by atoms with Crippen molar-refractivity contribution in [2.75, 3.05) is 18.0 Å². The monoisotopic (exact) mass is 316 g/mol. The summed E-state index contributed by atoms with van der Waals surface area (Å²) < 4.78 is 0. The molecule has 1 unspecified atom stereocenters. The molecule has 2 N–H and O–H groups in total. The summed E-state index contributed by atoms with van der Waals surface area (Å²) in [6.07, 6.45) is 0.390. The van der Waals surface area contributed by atoms with E-state index in [4.69, 9.17) is 17.3 Å². The quantitative estimate of drug-likeness (QED) is 0.880. The summed E-state index contributed by atoms with van der Waals surface area (Å²) in [7, 11) is 0. The Hall–Kier alpha value is -1.84. The highest BCUT2D eigenvalue weighted by Crippen LogP contribution is 2.23. The largest absolute Gasteiger partial charge is 0.330 e. The summed E-state index contributed by atoms with van der Waals surface area (Å²) in [6.45, 7) is 3.05. The lowest BCUT2D eigenvalue weighted by Gasteiger charge is -2.24. The zero-order valence-electron chi connectivity index (χ0n) is 12.7. The first-order valence-corrected chi connectivity index (χ1v) is 7.84. The molecule has 0 heterocycles. The number of para-hydroxylation sites is 1. The zero-order valence-corrected chi connectivity index (χ0v) is 13.5. The molecule has 22 heavy (non-hydrogen) atoms. The Bertz CT molecular complexity index is 598. The first-order valence-electron chi connectivity index (χ1n) is 7.46. The van der Waals surface area contributed by atoms with Crippen molar-refractivity contribution in [3.05, 3.63) is 65.2 Å². The van der Waals surface area contributed by atoms with E-state index in [0.717, 1.165) is 11.3 Å². The van der Waals surface area contributed by atoms with Crippen molar-refractivity contribution in [2.24, 2.45) is 5.73 Å². The zero-order chi connectivity index (χ0) is 15.9. The number of hydrogen-bond acceptors (Lipinski definition) is 2. The molecule has 0 fully saturated rings. The van der Waals surface area contributed by atoms with E-state index in [0.29, 0.717) is 24.5 Å². The first kappa shape index (κ1) is 16.5. The third kappa shape index (κ3) is 4.09. The smallest absolute Gasteiger partial charge is 0.227 e. The van der Waals surface area contributed by atoms with Crippen LogP contribution in [0.5, 0.6) is 0 Å². The lowest BCUT2D eigenvalue weighted by Crippen LogP contribution is -2.32. The van der Waals surface area contributed by atoms with Gasteiger partial charge in [-0.25, -0.2) is 0 Å². The van der Waals surface area contributed by atoms with Gasteiger partial charge < -0.3 is 10.6 Å². The number of rotatable bonds is 6. The predicted octanol–water partition coefficient (Wildman–Crippen LogP) is 3.83. The number of carbonyl (C=O) groups excluding carboxylic acids is 1. The van der Waals surface area contributed by atoms with E-state index in [9.17, 15) is 4.79 Å². The molecule has 0 aromatic heterocycles. The second kappa shape index (κ2) is 7.97. The number of amides is 1. The molecule has 0 aliphatic carbocycles. The molecule has 2 aromatic carbocycles. The fourth-order valence-corrected chi connectivity index (χ4v) is 2.63. The van der Waals surface area contributed by atoms with Crippen molar-refractivity contribution in [1.29, 1.82) is 0 Å². The van der Waals surface area contributed by atoms with Crippen molar-refractivity contribution in [3.63, 3.8) is 0 Å². The van der Waals surface area contributed by atoms with Crippen molar-refractivity contribution in [1.82, 2.24) is 0 Å². The molecule has 0 saturated heterocycles. The van der Waals surface area contributed by atoms with Crippen molar-refractivity contribution >= 4 is 23.2 Å². The minimum absolute atomic E-state index is 0.00234. The maximum absolute atomic E-state index is 12.6. The fourth-order valence-electron chi connectivity index (χ4n) is 2.50. The van der Waals surface area contributed by atoms with Gasteiger partial charge in [0.1, 0.15) is 0 Å². The normalized spacial score (nSPS) is 12.0. The number of hydrogen-bond donors (Lipinski definition) is 1. The van der Waals surface area contributed by atoms with Gasteiger partial charge in [0.25, 0.3) is 0 Å². The van der Waals surface area contributed by atoms with Crippen LogP contribution in [0.1, 0.15) is 24.8 Å². The topological polar surface area (TPSA) is 46.3 Å². The highest BCUT2D eigenvalue weighted by molar-refractivity contribution is 6.30. The lowest BCUT2D eigenvalue weighted by molar-refractivity contribution is -0.118. The van der Waals surface area contributed by atoms with E-state index >= 15 is 0 Å². The summed E-state index contributed by atoms with van der Waals surface area (Å²) in [5.41, 5.74) is 7.83. The Labute approximate surface area is 136 Å². The van der Waals surface area contributed by atoms with Gasteiger partial charge >= 0.3 is 0 Å². The molecule has 0 spiro atoms. The van der Waals surface area contributed by atoms with Gasteiger partial charge in [0.2, 0.25) is 5.91 Å². The van der Waals surface area contributed by atoms with Crippen LogP contribution >= 0.6 is 11.6 Å². The van der Waals surface area contributed by atoms with E-state index in [1.807, 2.05) is 61.5 Å². The minimum atomic E-state index is 0.00234. The molecule has 2 rings (SSSR count). The number of nitrogens with two attached hydrogens (primary N) is 1. The van der Waals surface area contributed by atoms with Crippen molar-refractivity contribution < 1.29 is 4.79 Å². The average Bonchev–Trinajstić information content (AvgIpc) is 2.55. The number of benzene rings is 2. The fraction of sp³-hybridized carbons (Fsp3) is 0.278. The Balaban J connectivity index is 2.12. The van der Waals surface area contributed by atoms with Crippen LogP contribution in [0.25, 0.3) is 0 Å². The Morgan fingerprint density at radius 2 is 1.77 bits per heavy atom. The summed E-state index contributed by atoms with van der Waals surface area (Å²) in [5.74, 6) is 0.0848. The van der Waals surface area contributed by atoms with Crippen LogP contribution in [-0.4, -0.2) is 19.0 Å². The number of carbonyl (C=O) groups is 1.